The highest BCUT2D eigenvalue weighted by Crippen LogP contribution is 2.31. The van der Waals surface area contributed by atoms with E-state index in [1.807, 2.05) is 0 Å². The summed E-state index contributed by atoms with van der Waals surface area (Å²) in [7, 11) is 0. The minimum atomic E-state index is -4.43. The molecule has 1 aromatic heterocycles. The Balaban J connectivity index is 2.46. The highest BCUT2D eigenvalue weighted by Gasteiger charge is 2.30. The Bertz CT molecular complexity index is 619. The predicted octanol–water partition coefficient (Wildman–Crippen LogP) is 3.61. The standard InChI is InChI=1S/C12H9ClF3N3O/c1-2-20-11-18-9(17-10(13)19-11)7-4-3-5-8(6-7)12(14,15)16/h3-6H,2H2,1H3. The molecule has 0 saturated carbocycles. The van der Waals surface area contributed by atoms with E-state index < -0.39 is 11.7 Å². The van der Waals surface area contributed by atoms with E-state index in [9.17, 15) is 13.2 Å². The zero-order valence-electron chi connectivity index (χ0n) is 10.3. The van der Waals surface area contributed by atoms with Gasteiger partial charge in [-0.3, -0.25) is 0 Å². The molecule has 0 amide bonds. The van der Waals surface area contributed by atoms with Gasteiger partial charge in [-0.2, -0.15) is 28.1 Å². The van der Waals surface area contributed by atoms with Crippen molar-refractivity contribution < 1.29 is 17.9 Å². The molecule has 1 aromatic carbocycles. The van der Waals surface area contributed by atoms with Crippen LogP contribution in [0.15, 0.2) is 24.3 Å². The van der Waals surface area contributed by atoms with Crippen LogP contribution in [0.1, 0.15) is 12.5 Å². The van der Waals surface area contributed by atoms with E-state index in [2.05, 4.69) is 15.0 Å². The van der Waals surface area contributed by atoms with E-state index in [-0.39, 0.29) is 22.7 Å². The maximum absolute atomic E-state index is 12.7. The minimum Gasteiger partial charge on any atom is -0.464 e. The van der Waals surface area contributed by atoms with E-state index in [0.717, 1.165) is 12.1 Å². The van der Waals surface area contributed by atoms with Gasteiger partial charge in [-0.15, -0.1) is 0 Å². The number of nitrogens with zero attached hydrogens (tertiary/aromatic N) is 3. The van der Waals surface area contributed by atoms with Crippen molar-refractivity contribution in [2.45, 2.75) is 13.1 Å². The van der Waals surface area contributed by atoms with Crippen LogP contribution in [-0.4, -0.2) is 21.6 Å². The second kappa shape index (κ2) is 5.62. The maximum atomic E-state index is 12.7. The lowest BCUT2D eigenvalue weighted by Gasteiger charge is -2.08. The first-order chi connectivity index (χ1) is 9.40. The summed E-state index contributed by atoms with van der Waals surface area (Å²) in [6.45, 7) is 2.03. The number of rotatable bonds is 3. The molecule has 0 aliphatic rings. The molecule has 0 spiro atoms. The lowest BCUT2D eigenvalue weighted by atomic mass is 10.1. The summed E-state index contributed by atoms with van der Waals surface area (Å²) >= 11 is 5.70. The summed E-state index contributed by atoms with van der Waals surface area (Å²) in [5, 5.41) is -0.143. The Morgan fingerprint density at radius 2 is 1.95 bits per heavy atom. The molecule has 0 aliphatic carbocycles. The summed E-state index contributed by atoms with van der Waals surface area (Å²) < 4.78 is 43.1. The molecule has 0 radical (unpaired) electrons. The quantitative estimate of drug-likeness (QED) is 0.869. The third kappa shape index (κ3) is 3.36. The van der Waals surface area contributed by atoms with Crippen LogP contribution < -0.4 is 4.74 Å². The molecule has 0 aliphatic heterocycles. The summed E-state index contributed by atoms with van der Waals surface area (Å²) in [4.78, 5) is 11.4. The second-order valence-corrected chi connectivity index (χ2v) is 4.06. The third-order valence-corrected chi connectivity index (χ3v) is 2.48. The number of benzene rings is 1. The van der Waals surface area contributed by atoms with Gasteiger partial charge in [0.25, 0.3) is 0 Å². The highest BCUT2D eigenvalue weighted by atomic mass is 35.5. The van der Waals surface area contributed by atoms with Crippen LogP contribution in [0, 0.1) is 0 Å². The molecular weight excluding hydrogens is 295 g/mol. The first-order valence-corrected chi connectivity index (χ1v) is 6.00. The lowest BCUT2D eigenvalue weighted by Crippen LogP contribution is -2.05. The Hall–Kier alpha value is -1.89. The molecule has 0 saturated heterocycles. The van der Waals surface area contributed by atoms with Gasteiger partial charge in [0.05, 0.1) is 12.2 Å². The molecule has 4 nitrogen and oxygen atoms in total. The molecule has 1 heterocycles. The van der Waals surface area contributed by atoms with Crippen LogP contribution in [-0.2, 0) is 6.18 Å². The van der Waals surface area contributed by atoms with Crippen molar-refractivity contribution in [1.82, 2.24) is 15.0 Å². The molecule has 0 fully saturated rings. The van der Waals surface area contributed by atoms with E-state index in [1.165, 1.54) is 12.1 Å². The molecule has 20 heavy (non-hydrogen) atoms. The fraction of sp³-hybridized carbons (Fsp3) is 0.250. The zero-order chi connectivity index (χ0) is 14.8. The van der Waals surface area contributed by atoms with Crippen molar-refractivity contribution in [3.05, 3.63) is 35.1 Å². The van der Waals surface area contributed by atoms with Gasteiger partial charge in [-0.1, -0.05) is 12.1 Å². The minimum absolute atomic E-state index is 0.0274. The molecule has 0 atom stereocenters. The first kappa shape index (κ1) is 14.5. The van der Waals surface area contributed by atoms with Crippen LogP contribution in [0.2, 0.25) is 5.28 Å². The van der Waals surface area contributed by atoms with E-state index in [0.29, 0.717) is 6.61 Å². The molecule has 0 bridgehead atoms. The van der Waals surface area contributed by atoms with E-state index in [1.54, 1.807) is 6.92 Å². The van der Waals surface area contributed by atoms with E-state index >= 15 is 0 Å². The summed E-state index contributed by atoms with van der Waals surface area (Å²) in [5.74, 6) is 0.0274. The normalized spacial score (nSPS) is 11.4. The highest BCUT2D eigenvalue weighted by molar-refractivity contribution is 6.28. The zero-order valence-corrected chi connectivity index (χ0v) is 11.0. The fourth-order valence-corrected chi connectivity index (χ4v) is 1.64. The van der Waals surface area contributed by atoms with Crippen molar-refractivity contribution in [3.63, 3.8) is 0 Å². The molecule has 2 rings (SSSR count). The Morgan fingerprint density at radius 3 is 2.60 bits per heavy atom. The van der Waals surface area contributed by atoms with Crippen molar-refractivity contribution in [2.24, 2.45) is 0 Å². The van der Waals surface area contributed by atoms with Gasteiger partial charge in [0.15, 0.2) is 5.82 Å². The Kier molecular flexibility index (Phi) is 4.08. The number of hydrogen-bond acceptors (Lipinski definition) is 4. The van der Waals surface area contributed by atoms with Gasteiger partial charge < -0.3 is 4.74 Å². The van der Waals surface area contributed by atoms with Gasteiger partial charge in [-0.05, 0) is 30.7 Å². The van der Waals surface area contributed by atoms with Crippen LogP contribution in [0.25, 0.3) is 11.4 Å². The SMILES string of the molecule is CCOc1nc(Cl)nc(-c2cccc(C(F)(F)F)c2)n1. The second-order valence-electron chi connectivity index (χ2n) is 3.72. The predicted molar refractivity (Wildman–Crippen MR) is 66.4 cm³/mol. The molecule has 8 heteroatoms. The largest absolute Gasteiger partial charge is 0.464 e. The Morgan fingerprint density at radius 1 is 1.20 bits per heavy atom. The molecular formula is C12H9ClF3N3O. The average molecular weight is 304 g/mol. The van der Waals surface area contributed by atoms with Crippen molar-refractivity contribution in [3.8, 4) is 17.4 Å². The smallest absolute Gasteiger partial charge is 0.416 e. The molecule has 106 valence electrons. The number of hydrogen-bond donors (Lipinski definition) is 0. The van der Waals surface area contributed by atoms with Gasteiger partial charge in [0, 0.05) is 5.56 Å². The number of ether oxygens (including phenoxy) is 1. The monoisotopic (exact) mass is 303 g/mol. The van der Waals surface area contributed by atoms with Crippen LogP contribution >= 0.6 is 11.6 Å². The van der Waals surface area contributed by atoms with Crippen LogP contribution in [0.3, 0.4) is 0 Å². The molecule has 0 N–H and O–H groups in total. The van der Waals surface area contributed by atoms with Gasteiger partial charge in [-0.25, -0.2) is 0 Å². The van der Waals surface area contributed by atoms with Gasteiger partial charge in [0.1, 0.15) is 0 Å². The number of alkyl halides is 3. The lowest BCUT2D eigenvalue weighted by molar-refractivity contribution is -0.137. The van der Waals surface area contributed by atoms with Crippen molar-refractivity contribution in [2.75, 3.05) is 6.61 Å². The number of aromatic nitrogens is 3. The van der Waals surface area contributed by atoms with Crippen LogP contribution in [0.4, 0.5) is 13.2 Å². The summed E-state index contributed by atoms with van der Waals surface area (Å²) in [6, 6.07) is 4.61. The Labute approximate surface area is 117 Å². The molecule has 2 aromatic rings. The first-order valence-electron chi connectivity index (χ1n) is 5.62. The molecule has 0 unspecified atom stereocenters. The maximum Gasteiger partial charge on any atom is 0.416 e. The van der Waals surface area contributed by atoms with E-state index in [4.69, 9.17) is 16.3 Å². The summed E-state index contributed by atoms with van der Waals surface area (Å²) in [6.07, 6.45) is -4.43. The number of halogens is 4. The third-order valence-electron chi connectivity index (χ3n) is 2.31. The van der Waals surface area contributed by atoms with Crippen LogP contribution in [0.5, 0.6) is 6.01 Å². The van der Waals surface area contributed by atoms with Crippen molar-refractivity contribution >= 4 is 11.6 Å². The summed E-state index contributed by atoms with van der Waals surface area (Å²) in [5.41, 5.74) is -0.602. The van der Waals surface area contributed by atoms with Gasteiger partial charge in [0.2, 0.25) is 5.28 Å². The fourth-order valence-electron chi connectivity index (χ4n) is 1.49. The van der Waals surface area contributed by atoms with Crippen molar-refractivity contribution in [1.29, 1.82) is 0 Å². The average Bonchev–Trinajstić information content (AvgIpc) is 2.37. The topological polar surface area (TPSA) is 47.9 Å². The van der Waals surface area contributed by atoms with Gasteiger partial charge >= 0.3 is 12.2 Å².